The average molecular weight is 383 g/mol. The fraction of sp³-hybridized carbons (Fsp3) is 0.0526. The molecule has 0 bridgehead atoms. The Kier molecular flexibility index (Phi) is 5.16. The molecular formula is C19H12FN2O6-. The number of halogens is 1. The zero-order valence-electron chi connectivity index (χ0n) is 14.2. The van der Waals surface area contributed by atoms with Crippen LogP contribution in [-0.2, 0) is 14.4 Å². The number of ether oxygens (including phenoxy) is 1. The monoisotopic (exact) mass is 383 g/mol. The Bertz CT molecular complexity index is 1000. The van der Waals surface area contributed by atoms with Gasteiger partial charge in [0.25, 0.3) is 11.8 Å². The minimum atomic E-state index is -1.38. The molecule has 0 saturated carbocycles. The van der Waals surface area contributed by atoms with E-state index in [0.717, 1.165) is 6.07 Å². The molecule has 142 valence electrons. The van der Waals surface area contributed by atoms with Gasteiger partial charge in [0, 0.05) is 0 Å². The van der Waals surface area contributed by atoms with Crippen molar-refractivity contribution in [2.24, 2.45) is 0 Å². The number of para-hydroxylation sites is 1. The van der Waals surface area contributed by atoms with Crippen molar-refractivity contribution >= 4 is 35.6 Å². The Morgan fingerprint density at radius 3 is 2.43 bits per heavy atom. The second kappa shape index (κ2) is 7.70. The maximum atomic E-state index is 14.0. The van der Waals surface area contributed by atoms with Crippen LogP contribution in [0.2, 0.25) is 0 Å². The molecule has 1 aliphatic rings. The molecule has 0 aliphatic carbocycles. The molecule has 9 heteroatoms. The SMILES string of the molecule is O=C([O-])COc1ccc(/C=C2\C(=O)NC(=O)N(c3ccccc3F)C2=O)cc1. The van der Waals surface area contributed by atoms with Crippen molar-refractivity contribution in [1.29, 1.82) is 0 Å². The zero-order valence-corrected chi connectivity index (χ0v) is 14.2. The van der Waals surface area contributed by atoms with E-state index in [1.807, 2.05) is 5.32 Å². The number of nitrogens with one attached hydrogen (secondary N) is 1. The molecule has 1 N–H and O–H groups in total. The summed E-state index contributed by atoms with van der Waals surface area (Å²) in [5.74, 6) is -3.83. The van der Waals surface area contributed by atoms with Crippen LogP contribution in [0.3, 0.4) is 0 Å². The summed E-state index contributed by atoms with van der Waals surface area (Å²) in [6.07, 6.45) is 1.22. The van der Waals surface area contributed by atoms with Crippen LogP contribution in [0, 0.1) is 5.82 Å². The third kappa shape index (κ3) is 3.88. The Labute approximate surface area is 157 Å². The smallest absolute Gasteiger partial charge is 0.336 e. The first kappa shape index (κ1) is 18.8. The number of rotatable bonds is 5. The number of benzene rings is 2. The lowest BCUT2D eigenvalue weighted by atomic mass is 10.1. The van der Waals surface area contributed by atoms with Crippen LogP contribution in [0.25, 0.3) is 6.08 Å². The van der Waals surface area contributed by atoms with Crippen molar-refractivity contribution in [1.82, 2.24) is 5.32 Å². The number of carboxylic acids is 1. The second-order valence-electron chi connectivity index (χ2n) is 5.64. The fourth-order valence-electron chi connectivity index (χ4n) is 2.48. The molecule has 2 aromatic carbocycles. The molecule has 8 nitrogen and oxygen atoms in total. The van der Waals surface area contributed by atoms with Gasteiger partial charge in [0.2, 0.25) is 0 Å². The predicted octanol–water partition coefficient (Wildman–Crippen LogP) is 0.621. The second-order valence-corrected chi connectivity index (χ2v) is 5.64. The van der Waals surface area contributed by atoms with E-state index in [2.05, 4.69) is 0 Å². The van der Waals surface area contributed by atoms with Crippen LogP contribution in [0.15, 0.2) is 54.1 Å². The summed E-state index contributed by atoms with van der Waals surface area (Å²) in [5, 5.41) is 12.4. The van der Waals surface area contributed by atoms with Gasteiger partial charge < -0.3 is 14.6 Å². The van der Waals surface area contributed by atoms with Crippen LogP contribution >= 0.6 is 0 Å². The summed E-state index contributed by atoms with van der Waals surface area (Å²) in [6, 6.07) is 9.93. The van der Waals surface area contributed by atoms with E-state index < -0.39 is 36.2 Å². The molecule has 0 unspecified atom stereocenters. The van der Waals surface area contributed by atoms with E-state index in [0.29, 0.717) is 10.5 Å². The van der Waals surface area contributed by atoms with Gasteiger partial charge in [-0.05, 0) is 35.9 Å². The standard InChI is InChI=1S/C19H13FN2O6/c20-14-3-1-2-4-15(14)22-18(26)13(17(25)21-19(22)27)9-11-5-7-12(8-6-11)28-10-16(23)24/h1-9H,10H2,(H,23,24)(H,21,25,27)/p-1/b13-9+. The predicted molar refractivity (Wildman–Crippen MR) is 92.3 cm³/mol. The summed E-state index contributed by atoms with van der Waals surface area (Å²) >= 11 is 0. The number of imide groups is 2. The van der Waals surface area contributed by atoms with Crippen LogP contribution in [0.4, 0.5) is 14.9 Å². The number of aliphatic carboxylic acids is 1. The minimum Gasteiger partial charge on any atom is -0.546 e. The van der Waals surface area contributed by atoms with Gasteiger partial charge in [0.05, 0.1) is 11.7 Å². The number of carbonyl (C=O) groups is 4. The number of hydrogen-bond donors (Lipinski definition) is 1. The highest BCUT2D eigenvalue weighted by Crippen LogP contribution is 2.24. The quantitative estimate of drug-likeness (QED) is 0.598. The van der Waals surface area contributed by atoms with E-state index in [1.165, 1.54) is 48.5 Å². The van der Waals surface area contributed by atoms with Crippen LogP contribution in [0.1, 0.15) is 5.56 Å². The molecular weight excluding hydrogens is 371 g/mol. The van der Waals surface area contributed by atoms with Crippen molar-refractivity contribution in [2.45, 2.75) is 0 Å². The Morgan fingerprint density at radius 2 is 1.79 bits per heavy atom. The first-order valence-electron chi connectivity index (χ1n) is 7.95. The van der Waals surface area contributed by atoms with Gasteiger partial charge in [-0.1, -0.05) is 24.3 Å². The van der Waals surface area contributed by atoms with Gasteiger partial charge in [0.1, 0.15) is 23.7 Å². The topological polar surface area (TPSA) is 116 Å². The summed E-state index contributed by atoms with van der Waals surface area (Å²) < 4.78 is 18.9. The number of barbiturate groups is 1. The van der Waals surface area contributed by atoms with E-state index in [4.69, 9.17) is 4.74 Å². The maximum absolute atomic E-state index is 14.0. The summed E-state index contributed by atoms with van der Waals surface area (Å²) in [5.41, 5.74) is -0.247. The Morgan fingerprint density at radius 1 is 1.11 bits per heavy atom. The lowest BCUT2D eigenvalue weighted by Crippen LogP contribution is -2.54. The molecule has 28 heavy (non-hydrogen) atoms. The number of urea groups is 1. The third-order valence-electron chi connectivity index (χ3n) is 3.74. The molecule has 1 heterocycles. The van der Waals surface area contributed by atoms with Crippen molar-refractivity contribution in [2.75, 3.05) is 11.5 Å². The molecule has 2 aromatic rings. The molecule has 0 radical (unpaired) electrons. The lowest BCUT2D eigenvalue weighted by Gasteiger charge is -2.26. The average Bonchev–Trinajstić information content (AvgIpc) is 2.65. The first-order valence-corrected chi connectivity index (χ1v) is 7.95. The normalized spacial score (nSPS) is 15.5. The highest BCUT2D eigenvalue weighted by molar-refractivity contribution is 6.39. The van der Waals surface area contributed by atoms with Gasteiger partial charge >= 0.3 is 6.03 Å². The summed E-state index contributed by atoms with van der Waals surface area (Å²) in [6.45, 7) is -0.624. The molecule has 1 fully saturated rings. The van der Waals surface area contributed by atoms with Crippen LogP contribution < -0.4 is 20.1 Å². The lowest BCUT2D eigenvalue weighted by molar-refractivity contribution is -0.307. The summed E-state index contributed by atoms with van der Waals surface area (Å²) in [7, 11) is 0. The largest absolute Gasteiger partial charge is 0.546 e. The third-order valence-corrected chi connectivity index (χ3v) is 3.74. The molecule has 4 amide bonds. The number of carboxylic acid groups (broad SMARTS) is 1. The van der Waals surface area contributed by atoms with E-state index in [1.54, 1.807) is 0 Å². The maximum Gasteiger partial charge on any atom is 0.336 e. The van der Waals surface area contributed by atoms with Gasteiger partial charge in [-0.15, -0.1) is 0 Å². The molecule has 0 atom stereocenters. The van der Waals surface area contributed by atoms with E-state index >= 15 is 0 Å². The molecule has 0 spiro atoms. The Balaban J connectivity index is 1.89. The molecule has 3 rings (SSSR count). The van der Waals surface area contributed by atoms with Crippen LogP contribution in [0.5, 0.6) is 5.75 Å². The van der Waals surface area contributed by atoms with Gasteiger partial charge in [-0.3, -0.25) is 14.9 Å². The number of carbonyl (C=O) groups excluding carboxylic acids is 4. The van der Waals surface area contributed by atoms with Gasteiger partial charge in [-0.2, -0.15) is 0 Å². The highest BCUT2D eigenvalue weighted by Gasteiger charge is 2.37. The first-order chi connectivity index (χ1) is 13.4. The minimum absolute atomic E-state index is 0.244. The fourth-order valence-corrected chi connectivity index (χ4v) is 2.48. The van der Waals surface area contributed by atoms with Crippen molar-refractivity contribution in [3.05, 3.63) is 65.5 Å². The van der Waals surface area contributed by atoms with Gasteiger partial charge in [0.15, 0.2) is 0 Å². The highest BCUT2D eigenvalue weighted by atomic mass is 19.1. The van der Waals surface area contributed by atoms with E-state index in [-0.39, 0.29) is 17.0 Å². The zero-order chi connectivity index (χ0) is 20.3. The number of hydrogen-bond acceptors (Lipinski definition) is 6. The van der Waals surface area contributed by atoms with Crippen molar-refractivity contribution < 1.29 is 33.4 Å². The molecule has 1 aliphatic heterocycles. The molecule has 0 aromatic heterocycles. The number of amides is 4. The van der Waals surface area contributed by atoms with Gasteiger partial charge in [-0.25, -0.2) is 14.1 Å². The molecule has 1 saturated heterocycles. The van der Waals surface area contributed by atoms with E-state index in [9.17, 15) is 28.7 Å². The van der Waals surface area contributed by atoms with Crippen molar-refractivity contribution in [3.63, 3.8) is 0 Å². The Hall–Kier alpha value is -4.01. The number of anilines is 1. The van der Waals surface area contributed by atoms with Crippen LogP contribution in [-0.4, -0.2) is 30.4 Å². The summed E-state index contributed by atoms with van der Waals surface area (Å²) in [4.78, 5) is 47.7. The van der Waals surface area contributed by atoms with Crippen molar-refractivity contribution in [3.8, 4) is 5.75 Å². The number of nitrogens with zero attached hydrogens (tertiary/aromatic N) is 1.